The van der Waals surface area contributed by atoms with Crippen LogP contribution in [-0.2, 0) is 9.59 Å². The summed E-state index contributed by atoms with van der Waals surface area (Å²) < 4.78 is 0. The Hall–Kier alpha value is -1.90. The maximum absolute atomic E-state index is 11.1. The van der Waals surface area contributed by atoms with E-state index in [0.717, 1.165) is 18.6 Å². The number of imidazole rings is 1. The number of aromatic nitrogens is 2. The number of nitrogens with zero attached hydrogens (tertiary/aromatic N) is 1. The Morgan fingerprint density at radius 1 is 0.886 bits per heavy atom. The Labute approximate surface area is 217 Å². The van der Waals surface area contributed by atoms with E-state index < -0.39 is 17.0 Å². The van der Waals surface area contributed by atoms with Gasteiger partial charge in [0.25, 0.3) is 0 Å². The standard InChI is InChI=1S/C11H10N2O3S.2C8H19N/c14-9(17)5-6(11(15)16)10-12-7-3-1-2-4-8(7)13-10;2*1-2-3-4-5-6-7-8-9/h1-4,6H,5H2,(H,12,13)(H,14,17)(H,15,16);2*2-9H2,1H3. The second-order valence-electron chi connectivity index (χ2n) is 8.74. The predicted octanol–water partition coefficient (Wildman–Crippen LogP) is 6.19. The number of hydrogen-bond donors (Lipinski definition) is 5. The average molecular weight is 509 g/mol. The van der Waals surface area contributed by atoms with Crippen LogP contribution < -0.4 is 11.5 Å². The summed E-state index contributed by atoms with van der Waals surface area (Å²) in [6, 6.07) is 7.21. The number of carbonyl (C=O) groups is 2. The van der Waals surface area contributed by atoms with Gasteiger partial charge in [-0.15, -0.1) is 12.6 Å². The Kier molecular flexibility index (Phi) is 21.3. The van der Waals surface area contributed by atoms with Crippen LogP contribution in [0.15, 0.2) is 24.3 Å². The molecule has 200 valence electrons. The Morgan fingerprint density at radius 2 is 1.37 bits per heavy atom. The first-order valence-electron chi connectivity index (χ1n) is 13.2. The number of hydrogen-bond acceptors (Lipinski definition) is 5. The predicted molar refractivity (Wildman–Crippen MR) is 150 cm³/mol. The number of aromatic amines is 1. The van der Waals surface area contributed by atoms with Gasteiger partial charge in [-0.2, -0.15) is 0 Å². The number of nitrogens with one attached hydrogen (secondary N) is 1. The molecule has 2 aromatic rings. The van der Waals surface area contributed by atoms with Crippen molar-refractivity contribution in [1.29, 1.82) is 0 Å². The van der Waals surface area contributed by atoms with Crippen molar-refractivity contribution in [3.8, 4) is 0 Å². The van der Waals surface area contributed by atoms with E-state index in [-0.39, 0.29) is 12.2 Å². The fourth-order valence-corrected chi connectivity index (χ4v) is 3.65. The number of nitrogens with two attached hydrogens (primary N) is 2. The number of aliphatic carboxylic acids is 1. The zero-order valence-electron chi connectivity index (χ0n) is 21.8. The van der Waals surface area contributed by atoms with Gasteiger partial charge in [0.2, 0.25) is 0 Å². The zero-order chi connectivity index (χ0) is 26.3. The third-order valence-corrected chi connectivity index (χ3v) is 5.71. The molecule has 0 spiro atoms. The zero-order valence-corrected chi connectivity index (χ0v) is 22.7. The third kappa shape index (κ3) is 17.2. The average Bonchev–Trinajstić information content (AvgIpc) is 3.27. The maximum Gasteiger partial charge on any atom is 0.314 e. The lowest BCUT2D eigenvalue weighted by atomic mass is 10.1. The summed E-state index contributed by atoms with van der Waals surface area (Å²) in [4.78, 5) is 29.0. The van der Waals surface area contributed by atoms with Gasteiger partial charge >= 0.3 is 5.97 Å². The molecular weight excluding hydrogens is 460 g/mol. The Bertz CT molecular complexity index is 739. The molecule has 6 N–H and O–H groups in total. The largest absolute Gasteiger partial charge is 0.481 e. The van der Waals surface area contributed by atoms with Crippen LogP contribution in [0.3, 0.4) is 0 Å². The molecule has 7 nitrogen and oxygen atoms in total. The first-order valence-corrected chi connectivity index (χ1v) is 13.6. The van der Waals surface area contributed by atoms with Crippen LogP contribution in [0.2, 0.25) is 0 Å². The van der Waals surface area contributed by atoms with E-state index in [1.165, 1.54) is 77.0 Å². The number of thiol groups is 1. The monoisotopic (exact) mass is 508 g/mol. The van der Waals surface area contributed by atoms with Crippen LogP contribution in [0.5, 0.6) is 0 Å². The molecular formula is C27H48N4O3S. The number of carboxylic acids is 1. The molecule has 0 saturated carbocycles. The first kappa shape index (κ1) is 33.1. The summed E-state index contributed by atoms with van der Waals surface area (Å²) in [6.07, 6.45) is 15.9. The van der Waals surface area contributed by atoms with Gasteiger partial charge in [-0.25, -0.2) is 4.98 Å². The number of fused-ring (bicyclic) bond motifs is 1. The molecule has 0 saturated heterocycles. The lowest BCUT2D eigenvalue weighted by molar-refractivity contribution is -0.140. The number of rotatable bonds is 16. The van der Waals surface area contributed by atoms with Crippen molar-refractivity contribution >= 4 is 34.7 Å². The van der Waals surface area contributed by atoms with Gasteiger partial charge in [0.1, 0.15) is 11.7 Å². The lowest BCUT2D eigenvalue weighted by Gasteiger charge is -2.05. The van der Waals surface area contributed by atoms with Crippen LogP contribution in [-0.4, -0.2) is 39.2 Å². The highest BCUT2D eigenvalue weighted by Gasteiger charge is 2.25. The topological polar surface area (TPSA) is 135 Å². The van der Waals surface area contributed by atoms with Gasteiger partial charge in [-0.05, 0) is 38.1 Å². The summed E-state index contributed by atoms with van der Waals surface area (Å²) in [7, 11) is 0. The van der Waals surface area contributed by atoms with E-state index in [1.54, 1.807) is 12.1 Å². The fourth-order valence-electron chi connectivity index (χ4n) is 3.46. The molecule has 1 aromatic carbocycles. The number of unbranched alkanes of at least 4 members (excludes halogenated alkanes) is 10. The first-order chi connectivity index (χ1) is 16.9. The second-order valence-corrected chi connectivity index (χ2v) is 9.24. The molecule has 0 fully saturated rings. The van der Waals surface area contributed by atoms with Crippen molar-refractivity contribution in [2.75, 3.05) is 13.1 Å². The number of carboxylic acid groups (broad SMARTS) is 1. The molecule has 0 radical (unpaired) electrons. The van der Waals surface area contributed by atoms with E-state index in [4.69, 9.17) is 16.6 Å². The molecule has 1 aromatic heterocycles. The van der Waals surface area contributed by atoms with E-state index in [1.807, 2.05) is 12.1 Å². The molecule has 0 aliphatic heterocycles. The van der Waals surface area contributed by atoms with Crippen molar-refractivity contribution in [2.45, 2.75) is 103 Å². The van der Waals surface area contributed by atoms with Crippen LogP contribution in [0, 0.1) is 0 Å². The fraction of sp³-hybridized carbons (Fsp3) is 0.667. The van der Waals surface area contributed by atoms with Gasteiger partial charge < -0.3 is 21.6 Å². The quantitative estimate of drug-likeness (QED) is 0.135. The SMILES string of the molecule is CCCCCCCCN.CCCCCCCCN.O=C(S)CC(C(=O)O)c1nc2ccccc2[nH]1. The summed E-state index contributed by atoms with van der Waals surface area (Å²) in [6.45, 7) is 6.21. The molecule has 0 bridgehead atoms. The maximum atomic E-state index is 11.1. The van der Waals surface area contributed by atoms with Crippen molar-refractivity contribution < 1.29 is 14.7 Å². The van der Waals surface area contributed by atoms with Gasteiger partial charge in [0, 0.05) is 6.42 Å². The van der Waals surface area contributed by atoms with Crippen LogP contribution in [0.25, 0.3) is 11.0 Å². The summed E-state index contributed by atoms with van der Waals surface area (Å²) >= 11 is 3.60. The third-order valence-electron chi connectivity index (χ3n) is 5.53. The van der Waals surface area contributed by atoms with Crippen molar-refractivity contribution in [1.82, 2.24) is 9.97 Å². The molecule has 0 aliphatic carbocycles. The van der Waals surface area contributed by atoms with Crippen LogP contribution >= 0.6 is 12.6 Å². The van der Waals surface area contributed by atoms with E-state index in [2.05, 4.69) is 36.4 Å². The van der Waals surface area contributed by atoms with Gasteiger partial charge in [-0.3, -0.25) is 9.59 Å². The molecule has 8 heteroatoms. The van der Waals surface area contributed by atoms with E-state index in [0.29, 0.717) is 5.52 Å². The normalized spacial score (nSPS) is 11.2. The van der Waals surface area contributed by atoms with Crippen molar-refractivity contribution in [2.24, 2.45) is 11.5 Å². The minimum absolute atomic E-state index is 0.182. The number of para-hydroxylation sites is 2. The highest BCUT2D eigenvalue weighted by molar-refractivity contribution is 7.96. The molecule has 0 amide bonds. The Morgan fingerprint density at radius 3 is 1.80 bits per heavy atom. The van der Waals surface area contributed by atoms with Crippen molar-refractivity contribution in [3.05, 3.63) is 30.1 Å². The minimum Gasteiger partial charge on any atom is -0.481 e. The smallest absolute Gasteiger partial charge is 0.314 e. The number of benzene rings is 1. The molecule has 35 heavy (non-hydrogen) atoms. The minimum atomic E-state index is -1.09. The summed E-state index contributed by atoms with van der Waals surface area (Å²) in [5.74, 6) is -1.79. The second kappa shape index (κ2) is 22.6. The van der Waals surface area contributed by atoms with Crippen molar-refractivity contribution in [3.63, 3.8) is 0 Å². The van der Waals surface area contributed by atoms with Crippen LogP contribution in [0.1, 0.15) is 109 Å². The van der Waals surface area contributed by atoms with E-state index >= 15 is 0 Å². The number of H-pyrrole nitrogens is 1. The molecule has 1 unspecified atom stereocenters. The van der Waals surface area contributed by atoms with Crippen LogP contribution in [0.4, 0.5) is 0 Å². The molecule has 2 rings (SSSR count). The van der Waals surface area contributed by atoms with Gasteiger partial charge in [0.05, 0.1) is 11.0 Å². The number of carbonyl (C=O) groups excluding carboxylic acids is 1. The Balaban J connectivity index is 0.000000549. The lowest BCUT2D eigenvalue weighted by Crippen LogP contribution is -2.15. The van der Waals surface area contributed by atoms with E-state index in [9.17, 15) is 9.59 Å². The molecule has 1 atom stereocenters. The summed E-state index contributed by atoms with van der Waals surface area (Å²) in [5.41, 5.74) is 12.1. The molecule has 1 heterocycles. The molecule has 0 aliphatic rings. The highest BCUT2D eigenvalue weighted by atomic mass is 32.1. The highest BCUT2D eigenvalue weighted by Crippen LogP contribution is 2.21. The summed E-state index contributed by atoms with van der Waals surface area (Å²) in [5, 5.41) is 8.58. The van der Waals surface area contributed by atoms with Gasteiger partial charge in [-0.1, -0.05) is 90.2 Å². The van der Waals surface area contributed by atoms with Gasteiger partial charge in [0.15, 0.2) is 5.12 Å².